The highest BCUT2D eigenvalue weighted by Crippen LogP contribution is 2.34. The largest absolute Gasteiger partial charge is 0.467 e. The highest BCUT2D eigenvalue weighted by atomic mass is 35.5. The summed E-state index contributed by atoms with van der Waals surface area (Å²) in [5.74, 6) is 0.137. The molecule has 152 valence electrons. The molecule has 3 aromatic rings. The molecule has 0 bridgehead atoms. The highest BCUT2D eigenvalue weighted by Gasteiger charge is 2.31. The normalized spacial score (nSPS) is 11.3. The maximum atomic E-state index is 14.1. The Bertz CT molecular complexity index is 992. The minimum absolute atomic E-state index is 0.00414. The lowest BCUT2D eigenvalue weighted by Gasteiger charge is -2.26. The molecule has 0 aliphatic heterocycles. The molecule has 3 rings (SSSR count). The molecule has 0 atom stereocenters. The quantitative estimate of drug-likeness (QED) is 0.361. The Morgan fingerprint density at radius 3 is 2.48 bits per heavy atom. The van der Waals surface area contributed by atoms with Gasteiger partial charge in [-0.15, -0.1) is 0 Å². The summed E-state index contributed by atoms with van der Waals surface area (Å²) in [6.45, 7) is 0.263. The Morgan fingerprint density at radius 2 is 1.83 bits per heavy atom. The second-order valence-corrected chi connectivity index (χ2v) is 6.94. The van der Waals surface area contributed by atoms with Gasteiger partial charge in [-0.1, -0.05) is 29.8 Å². The van der Waals surface area contributed by atoms with Crippen LogP contribution in [0.1, 0.15) is 16.9 Å². The van der Waals surface area contributed by atoms with E-state index in [0.29, 0.717) is 11.3 Å². The summed E-state index contributed by atoms with van der Waals surface area (Å²) >= 11 is 11.4. The monoisotopic (exact) mass is 442 g/mol. The lowest BCUT2D eigenvalue weighted by molar-refractivity contribution is -0.137. The molecular formula is C20H15ClF4N2OS. The molecule has 0 saturated heterocycles. The highest BCUT2D eigenvalue weighted by molar-refractivity contribution is 7.80. The van der Waals surface area contributed by atoms with Crippen LogP contribution in [0.5, 0.6) is 0 Å². The summed E-state index contributed by atoms with van der Waals surface area (Å²) in [7, 11) is 0. The van der Waals surface area contributed by atoms with Gasteiger partial charge in [-0.2, -0.15) is 13.2 Å². The van der Waals surface area contributed by atoms with Crippen LogP contribution in [0.2, 0.25) is 5.02 Å². The van der Waals surface area contributed by atoms with Crippen LogP contribution in [0.15, 0.2) is 65.3 Å². The number of hydrogen-bond acceptors (Lipinski definition) is 2. The number of alkyl halides is 3. The zero-order valence-corrected chi connectivity index (χ0v) is 16.4. The molecule has 1 aromatic heterocycles. The standard InChI is InChI=1S/C20H15ClF4N2OS/c21-16-8-7-14(20(23,24)25)10-18(16)26-19(29)27(12-15-5-3-9-28-15)11-13-4-1-2-6-17(13)22/h1-10H,11-12H2,(H,26,29). The number of rotatable bonds is 5. The summed E-state index contributed by atoms with van der Waals surface area (Å²) in [4.78, 5) is 1.57. The van der Waals surface area contributed by atoms with Gasteiger partial charge in [-0.25, -0.2) is 4.39 Å². The minimum Gasteiger partial charge on any atom is -0.467 e. The van der Waals surface area contributed by atoms with E-state index in [9.17, 15) is 17.6 Å². The zero-order chi connectivity index (χ0) is 21.0. The predicted octanol–water partition coefficient (Wildman–Crippen LogP) is 6.49. The van der Waals surface area contributed by atoms with Crippen molar-refractivity contribution in [2.45, 2.75) is 19.3 Å². The van der Waals surface area contributed by atoms with E-state index in [1.807, 2.05) is 0 Å². The molecule has 0 fully saturated rings. The van der Waals surface area contributed by atoms with Crippen LogP contribution in [-0.2, 0) is 19.3 Å². The number of benzene rings is 2. The lowest BCUT2D eigenvalue weighted by atomic mass is 10.2. The lowest BCUT2D eigenvalue weighted by Crippen LogP contribution is -2.34. The van der Waals surface area contributed by atoms with Crippen LogP contribution in [0, 0.1) is 5.82 Å². The Balaban J connectivity index is 1.86. The fraction of sp³-hybridized carbons (Fsp3) is 0.150. The van der Waals surface area contributed by atoms with Crippen molar-refractivity contribution >= 4 is 34.6 Å². The van der Waals surface area contributed by atoms with Crippen molar-refractivity contribution < 1.29 is 22.0 Å². The molecule has 3 nitrogen and oxygen atoms in total. The number of hydrogen-bond donors (Lipinski definition) is 1. The van der Waals surface area contributed by atoms with Gasteiger partial charge in [0.15, 0.2) is 5.11 Å². The van der Waals surface area contributed by atoms with Gasteiger partial charge in [0.2, 0.25) is 0 Å². The van der Waals surface area contributed by atoms with Gasteiger partial charge in [-0.3, -0.25) is 0 Å². The van der Waals surface area contributed by atoms with Gasteiger partial charge >= 0.3 is 6.18 Å². The molecule has 0 saturated carbocycles. The topological polar surface area (TPSA) is 28.4 Å². The smallest absolute Gasteiger partial charge is 0.416 e. The van der Waals surface area contributed by atoms with E-state index in [-0.39, 0.29) is 28.9 Å². The molecule has 1 N–H and O–H groups in total. The summed E-state index contributed by atoms with van der Waals surface area (Å²) in [6.07, 6.45) is -3.04. The van der Waals surface area contributed by atoms with Gasteiger partial charge in [0, 0.05) is 12.1 Å². The first-order valence-corrected chi connectivity index (χ1v) is 9.21. The number of thiocarbonyl (C=S) groups is 1. The van der Waals surface area contributed by atoms with Crippen molar-refractivity contribution in [3.05, 3.63) is 88.6 Å². The van der Waals surface area contributed by atoms with Crippen LogP contribution >= 0.6 is 23.8 Å². The van der Waals surface area contributed by atoms with E-state index < -0.39 is 17.6 Å². The van der Waals surface area contributed by atoms with Crippen molar-refractivity contribution in [3.8, 4) is 0 Å². The second kappa shape index (κ2) is 8.84. The van der Waals surface area contributed by atoms with Gasteiger partial charge in [0.1, 0.15) is 11.6 Å². The Kier molecular flexibility index (Phi) is 6.44. The third-order valence-electron chi connectivity index (χ3n) is 4.07. The van der Waals surface area contributed by atoms with E-state index in [4.69, 9.17) is 28.2 Å². The number of halogens is 5. The van der Waals surface area contributed by atoms with Gasteiger partial charge < -0.3 is 14.6 Å². The first kappa shape index (κ1) is 21.1. The third-order valence-corrected chi connectivity index (χ3v) is 4.76. The number of nitrogens with zero attached hydrogens (tertiary/aromatic N) is 1. The fourth-order valence-corrected chi connectivity index (χ4v) is 3.02. The van der Waals surface area contributed by atoms with Gasteiger partial charge in [0.05, 0.1) is 29.1 Å². The molecule has 29 heavy (non-hydrogen) atoms. The van der Waals surface area contributed by atoms with Crippen LogP contribution in [0.3, 0.4) is 0 Å². The Morgan fingerprint density at radius 1 is 1.07 bits per heavy atom. The minimum atomic E-state index is -4.52. The van der Waals surface area contributed by atoms with E-state index in [0.717, 1.165) is 18.2 Å². The van der Waals surface area contributed by atoms with E-state index in [1.165, 1.54) is 12.3 Å². The van der Waals surface area contributed by atoms with Crippen LogP contribution in [0.4, 0.5) is 23.2 Å². The van der Waals surface area contributed by atoms with Crippen molar-refractivity contribution in [2.24, 2.45) is 0 Å². The molecule has 9 heteroatoms. The van der Waals surface area contributed by atoms with Gasteiger partial charge in [-0.05, 0) is 48.6 Å². The van der Waals surface area contributed by atoms with Crippen LogP contribution in [-0.4, -0.2) is 10.0 Å². The van der Waals surface area contributed by atoms with Crippen LogP contribution < -0.4 is 5.32 Å². The van der Waals surface area contributed by atoms with E-state index in [2.05, 4.69) is 5.32 Å². The number of nitrogens with one attached hydrogen (secondary N) is 1. The summed E-state index contributed by atoms with van der Waals surface area (Å²) in [6, 6.07) is 12.5. The Labute approximate surface area is 174 Å². The molecule has 1 heterocycles. The molecule has 0 aliphatic rings. The summed E-state index contributed by atoms with van der Waals surface area (Å²) in [5, 5.41) is 2.88. The molecular weight excluding hydrogens is 428 g/mol. The predicted molar refractivity (Wildman–Crippen MR) is 107 cm³/mol. The van der Waals surface area contributed by atoms with E-state index >= 15 is 0 Å². The van der Waals surface area contributed by atoms with Crippen molar-refractivity contribution in [1.82, 2.24) is 4.90 Å². The SMILES string of the molecule is Fc1ccccc1CN(Cc1ccco1)C(=S)Nc1cc(C(F)(F)F)ccc1Cl. The maximum absolute atomic E-state index is 14.1. The molecule has 2 aromatic carbocycles. The maximum Gasteiger partial charge on any atom is 0.416 e. The van der Waals surface area contributed by atoms with Crippen molar-refractivity contribution in [1.29, 1.82) is 0 Å². The second-order valence-electron chi connectivity index (χ2n) is 6.15. The first-order valence-electron chi connectivity index (χ1n) is 8.42. The van der Waals surface area contributed by atoms with E-state index in [1.54, 1.807) is 35.2 Å². The van der Waals surface area contributed by atoms with Crippen LogP contribution in [0.25, 0.3) is 0 Å². The average molecular weight is 443 g/mol. The molecule has 0 radical (unpaired) electrons. The number of anilines is 1. The van der Waals surface area contributed by atoms with Crippen molar-refractivity contribution in [3.63, 3.8) is 0 Å². The van der Waals surface area contributed by atoms with Gasteiger partial charge in [0.25, 0.3) is 0 Å². The summed E-state index contributed by atoms with van der Waals surface area (Å²) < 4.78 is 58.5. The fourth-order valence-electron chi connectivity index (χ4n) is 2.61. The summed E-state index contributed by atoms with van der Waals surface area (Å²) in [5.41, 5.74) is -0.485. The Hall–Kier alpha value is -2.58. The molecule has 0 aliphatic carbocycles. The average Bonchev–Trinajstić information content (AvgIpc) is 3.17. The molecule has 0 unspecified atom stereocenters. The zero-order valence-electron chi connectivity index (χ0n) is 14.8. The first-order chi connectivity index (χ1) is 13.7. The molecule has 0 spiro atoms. The number of furan rings is 1. The molecule has 0 amide bonds. The van der Waals surface area contributed by atoms with Crippen molar-refractivity contribution in [2.75, 3.05) is 5.32 Å². The third kappa shape index (κ3) is 5.48.